The standard InChI is InChI=1S/C21H17F3N2O2/c1-13(10-19-25-8-9-28-19)14-4-2-5-15(11-14)26-12-17-16(20(26)27)6-3-7-18(17)21(22,23)24/h2-9,11,13H,10,12H2,1H3/t13-/m1/s1. The zero-order valence-electron chi connectivity index (χ0n) is 15.0. The first-order chi connectivity index (χ1) is 13.3. The molecule has 0 spiro atoms. The SMILES string of the molecule is C[C@H](Cc1ncco1)c1cccc(N2Cc3c(cccc3C(F)(F)F)C2=O)c1. The summed E-state index contributed by atoms with van der Waals surface area (Å²) in [6.45, 7) is 1.91. The van der Waals surface area contributed by atoms with Gasteiger partial charge in [0, 0.05) is 17.7 Å². The number of hydrogen-bond donors (Lipinski definition) is 0. The molecule has 1 aliphatic heterocycles. The maximum Gasteiger partial charge on any atom is 0.416 e. The van der Waals surface area contributed by atoms with Gasteiger partial charge < -0.3 is 9.32 Å². The van der Waals surface area contributed by atoms with Crippen LogP contribution >= 0.6 is 0 Å². The van der Waals surface area contributed by atoms with Gasteiger partial charge in [0.05, 0.1) is 18.3 Å². The summed E-state index contributed by atoms with van der Waals surface area (Å²) in [6.07, 6.45) is -0.815. The van der Waals surface area contributed by atoms with Gasteiger partial charge in [0.2, 0.25) is 0 Å². The van der Waals surface area contributed by atoms with E-state index in [2.05, 4.69) is 4.98 Å². The van der Waals surface area contributed by atoms with Crippen molar-refractivity contribution in [2.45, 2.75) is 32.0 Å². The quantitative estimate of drug-likeness (QED) is 0.619. The van der Waals surface area contributed by atoms with Gasteiger partial charge in [-0.1, -0.05) is 25.1 Å². The van der Waals surface area contributed by atoms with Gasteiger partial charge in [-0.15, -0.1) is 0 Å². The molecule has 1 amide bonds. The highest BCUT2D eigenvalue weighted by Gasteiger charge is 2.39. The minimum atomic E-state index is -4.49. The first-order valence-corrected chi connectivity index (χ1v) is 8.84. The van der Waals surface area contributed by atoms with E-state index in [-0.39, 0.29) is 23.6 Å². The lowest BCUT2D eigenvalue weighted by atomic mass is 9.97. The number of halogens is 3. The molecule has 28 heavy (non-hydrogen) atoms. The molecule has 0 saturated carbocycles. The van der Waals surface area contributed by atoms with Crippen LogP contribution in [0.15, 0.2) is 59.3 Å². The van der Waals surface area contributed by atoms with Gasteiger partial charge in [0.1, 0.15) is 6.26 Å². The van der Waals surface area contributed by atoms with Gasteiger partial charge in [-0.3, -0.25) is 4.79 Å². The minimum absolute atomic E-state index is 0.0261. The maximum absolute atomic E-state index is 13.3. The lowest BCUT2D eigenvalue weighted by Crippen LogP contribution is -2.23. The third kappa shape index (κ3) is 3.28. The van der Waals surface area contributed by atoms with Crippen molar-refractivity contribution in [2.75, 3.05) is 4.90 Å². The Kier molecular flexibility index (Phi) is 4.45. The Hall–Kier alpha value is -3.09. The first-order valence-electron chi connectivity index (χ1n) is 8.84. The zero-order chi connectivity index (χ0) is 19.9. The van der Waals surface area contributed by atoms with Crippen LogP contribution in [0.1, 0.15) is 45.8 Å². The molecule has 1 aromatic heterocycles. The monoisotopic (exact) mass is 386 g/mol. The average molecular weight is 386 g/mol. The van der Waals surface area contributed by atoms with Crippen LogP contribution in [0.3, 0.4) is 0 Å². The predicted molar refractivity (Wildman–Crippen MR) is 97.0 cm³/mol. The number of anilines is 1. The van der Waals surface area contributed by atoms with Crippen LogP contribution in [0.4, 0.5) is 18.9 Å². The maximum atomic E-state index is 13.3. The minimum Gasteiger partial charge on any atom is -0.449 e. The smallest absolute Gasteiger partial charge is 0.416 e. The summed E-state index contributed by atoms with van der Waals surface area (Å²) in [5.74, 6) is 0.264. The lowest BCUT2D eigenvalue weighted by molar-refractivity contribution is -0.138. The molecule has 1 aliphatic rings. The third-order valence-corrected chi connectivity index (χ3v) is 4.99. The van der Waals surface area contributed by atoms with Crippen molar-refractivity contribution in [2.24, 2.45) is 0 Å². The highest BCUT2D eigenvalue weighted by atomic mass is 19.4. The highest BCUT2D eigenvalue weighted by molar-refractivity contribution is 6.10. The molecular formula is C21H17F3N2O2. The number of alkyl halides is 3. The van der Waals surface area contributed by atoms with Gasteiger partial charge in [-0.05, 0) is 41.3 Å². The number of aromatic nitrogens is 1. The molecule has 7 heteroatoms. The fourth-order valence-electron chi connectivity index (χ4n) is 3.54. The number of rotatable bonds is 4. The third-order valence-electron chi connectivity index (χ3n) is 4.99. The Morgan fingerprint density at radius 1 is 1.21 bits per heavy atom. The van der Waals surface area contributed by atoms with Gasteiger partial charge in [-0.25, -0.2) is 4.98 Å². The van der Waals surface area contributed by atoms with E-state index in [9.17, 15) is 18.0 Å². The van der Waals surface area contributed by atoms with E-state index in [1.165, 1.54) is 23.3 Å². The summed E-state index contributed by atoms with van der Waals surface area (Å²) in [6, 6.07) is 11.0. The normalized spacial score (nSPS) is 15.0. The van der Waals surface area contributed by atoms with Gasteiger partial charge in [-0.2, -0.15) is 13.2 Å². The fraction of sp³-hybridized carbons (Fsp3) is 0.238. The second-order valence-electron chi connectivity index (χ2n) is 6.85. The average Bonchev–Trinajstić information content (AvgIpc) is 3.29. The van der Waals surface area contributed by atoms with Crippen LogP contribution in [0.25, 0.3) is 0 Å². The molecule has 0 radical (unpaired) electrons. The van der Waals surface area contributed by atoms with Crippen molar-refractivity contribution < 1.29 is 22.4 Å². The Morgan fingerprint density at radius 2 is 2.00 bits per heavy atom. The number of hydrogen-bond acceptors (Lipinski definition) is 3. The largest absolute Gasteiger partial charge is 0.449 e. The van der Waals surface area contributed by atoms with E-state index in [4.69, 9.17) is 4.42 Å². The number of carbonyl (C=O) groups is 1. The summed E-state index contributed by atoms with van der Waals surface area (Å²) in [5.41, 5.74) is 0.905. The lowest BCUT2D eigenvalue weighted by Gasteiger charge is -2.19. The topological polar surface area (TPSA) is 46.3 Å². The second-order valence-corrected chi connectivity index (χ2v) is 6.85. The number of oxazole rings is 1. The van der Waals surface area contributed by atoms with Crippen molar-refractivity contribution in [3.63, 3.8) is 0 Å². The van der Waals surface area contributed by atoms with Crippen LogP contribution in [0.2, 0.25) is 0 Å². The molecule has 2 aromatic carbocycles. The Balaban J connectivity index is 1.63. The van der Waals surface area contributed by atoms with Crippen molar-refractivity contribution in [1.29, 1.82) is 0 Å². The number of amides is 1. The summed E-state index contributed by atoms with van der Waals surface area (Å²) in [5, 5.41) is 0. The molecule has 0 bridgehead atoms. The van der Waals surface area contributed by atoms with Crippen molar-refractivity contribution >= 4 is 11.6 Å². The highest BCUT2D eigenvalue weighted by Crippen LogP contribution is 2.38. The zero-order valence-corrected chi connectivity index (χ0v) is 15.0. The Morgan fingerprint density at radius 3 is 2.71 bits per heavy atom. The van der Waals surface area contributed by atoms with Gasteiger partial charge in [0.15, 0.2) is 5.89 Å². The van der Waals surface area contributed by atoms with Crippen molar-refractivity contribution in [3.8, 4) is 0 Å². The molecule has 4 rings (SSSR count). The van der Waals surface area contributed by atoms with E-state index in [0.29, 0.717) is 18.0 Å². The summed E-state index contributed by atoms with van der Waals surface area (Å²) in [7, 11) is 0. The predicted octanol–water partition coefficient (Wildman–Crippen LogP) is 5.20. The second kappa shape index (κ2) is 6.82. The van der Waals surface area contributed by atoms with Crippen molar-refractivity contribution in [3.05, 3.63) is 83.1 Å². The number of nitrogens with zero attached hydrogens (tertiary/aromatic N) is 2. The molecule has 0 saturated heterocycles. The summed E-state index contributed by atoms with van der Waals surface area (Å²) >= 11 is 0. The number of carbonyl (C=O) groups excluding carboxylic acids is 1. The fourth-order valence-corrected chi connectivity index (χ4v) is 3.54. The molecule has 2 heterocycles. The summed E-state index contributed by atoms with van der Waals surface area (Å²) < 4.78 is 45.2. The molecule has 0 unspecified atom stereocenters. The molecule has 0 fully saturated rings. The van der Waals surface area contributed by atoms with Crippen molar-refractivity contribution in [1.82, 2.24) is 4.98 Å². The molecule has 0 N–H and O–H groups in total. The molecule has 3 aromatic rings. The van der Waals surface area contributed by atoms with Crippen LogP contribution in [0, 0.1) is 0 Å². The Bertz CT molecular complexity index is 1010. The number of fused-ring (bicyclic) bond motifs is 1. The van der Waals surface area contributed by atoms with E-state index in [1.54, 1.807) is 18.3 Å². The van der Waals surface area contributed by atoms with Gasteiger partial charge >= 0.3 is 6.18 Å². The van der Waals surface area contributed by atoms with E-state index >= 15 is 0 Å². The molecule has 144 valence electrons. The molecule has 0 aliphatic carbocycles. The van der Waals surface area contributed by atoms with E-state index in [1.807, 2.05) is 19.1 Å². The molecular weight excluding hydrogens is 369 g/mol. The van der Waals surface area contributed by atoms with E-state index < -0.39 is 17.6 Å². The summed E-state index contributed by atoms with van der Waals surface area (Å²) in [4.78, 5) is 18.3. The van der Waals surface area contributed by atoms with Crippen LogP contribution in [-0.4, -0.2) is 10.9 Å². The van der Waals surface area contributed by atoms with E-state index in [0.717, 1.165) is 11.6 Å². The van der Waals surface area contributed by atoms with Gasteiger partial charge in [0.25, 0.3) is 5.91 Å². The first kappa shape index (κ1) is 18.3. The Labute approximate surface area is 159 Å². The van der Waals surface area contributed by atoms with Crippen LogP contribution in [-0.2, 0) is 19.1 Å². The van der Waals surface area contributed by atoms with Crippen LogP contribution in [0.5, 0.6) is 0 Å². The molecule has 1 atom stereocenters. The molecule has 4 nitrogen and oxygen atoms in total. The number of benzene rings is 2. The van der Waals surface area contributed by atoms with Crippen LogP contribution < -0.4 is 4.90 Å².